The maximum atomic E-state index is 5.81. The molecule has 2 aromatic rings. The maximum Gasteiger partial charge on any atom is 0.161 e. The van der Waals surface area contributed by atoms with E-state index in [0.29, 0.717) is 19.3 Å². The topological polar surface area (TPSA) is 43.4 Å². The van der Waals surface area contributed by atoms with Crippen molar-refractivity contribution in [2.45, 2.75) is 40.0 Å². The predicted octanol–water partition coefficient (Wildman–Crippen LogP) is 3.62. The molecule has 0 unspecified atom stereocenters. The lowest BCUT2D eigenvalue weighted by Crippen LogP contribution is -2.21. The minimum Gasteiger partial charge on any atom is -0.490 e. The van der Waals surface area contributed by atoms with Gasteiger partial charge in [0.05, 0.1) is 17.8 Å². The Morgan fingerprint density at radius 3 is 2.76 bits per heavy atom. The second-order valence-corrected chi connectivity index (χ2v) is 5.74. The molecule has 1 heterocycles. The van der Waals surface area contributed by atoms with Crippen molar-refractivity contribution in [3.63, 3.8) is 0 Å². The second kappa shape index (κ2) is 8.00. The molecule has 1 N–H and O–H groups in total. The Labute approximate surface area is 130 Å². The normalized spacial score (nSPS) is 10.9. The van der Waals surface area contributed by atoms with E-state index in [2.05, 4.69) is 30.2 Å². The summed E-state index contributed by atoms with van der Waals surface area (Å²) in [6, 6.07) is 6.53. The van der Waals surface area contributed by atoms with Gasteiger partial charge in [0.15, 0.2) is 11.5 Å². The fraction of sp³-hybridized carbons (Fsp3) is 0.438. The molecule has 0 amide bonds. The van der Waals surface area contributed by atoms with Crippen molar-refractivity contribution in [2.24, 2.45) is 0 Å². The number of nitrogens with zero attached hydrogens (tertiary/aromatic N) is 1. The smallest absolute Gasteiger partial charge is 0.161 e. The van der Waals surface area contributed by atoms with E-state index in [9.17, 15) is 0 Å². The lowest BCUT2D eigenvalue weighted by molar-refractivity contribution is 0.266. The largest absolute Gasteiger partial charge is 0.490 e. The minimum absolute atomic E-state index is 0.459. The Bertz CT molecular complexity index is 541. The second-order valence-electron chi connectivity index (χ2n) is 5.02. The van der Waals surface area contributed by atoms with E-state index in [-0.39, 0.29) is 0 Å². The van der Waals surface area contributed by atoms with Crippen LogP contribution in [0.25, 0.3) is 0 Å². The summed E-state index contributed by atoms with van der Waals surface area (Å²) >= 11 is 1.57. The molecule has 114 valence electrons. The van der Waals surface area contributed by atoms with Gasteiger partial charge < -0.3 is 14.8 Å². The van der Waals surface area contributed by atoms with Crippen LogP contribution in [0.1, 0.15) is 32.0 Å². The van der Waals surface area contributed by atoms with Gasteiger partial charge in [-0.25, -0.2) is 4.98 Å². The van der Waals surface area contributed by atoms with Gasteiger partial charge in [0, 0.05) is 18.0 Å². The first kappa shape index (κ1) is 15.8. The summed E-state index contributed by atoms with van der Waals surface area (Å²) in [4.78, 5) is 4.22. The minimum atomic E-state index is 0.459. The van der Waals surface area contributed by atoms with Gasteiger partial charge in [0.2, 0.25) is 0 Å². The molecule has 0 spiro atoms. The summed E-state index contributed by atoms with van der Waals surface area (Å²) in [7, 11) is 0. The van der Waals surface area contributed by atoms with Crippen LogP contribution in [0.3, 0.4) is 0 Å². The van der Waals surface area contributed by atoms with E-state index in [0.717, 1.165) is 23.7 Å². The third-order valence-corrected chi connectivity index (χ3v) is 3.52. The quantitative estimate of drug-likeness (QED) is 0.809. The molecule has 4 nitrogen and oxygen atoms in total. The number of rotatable bonds is 8. The number of aromatic nitrogens is 1. The van der Waals surface area contributed by atoms with Gasteiger partial charge in [0.1, 0.15) is 6.61 Å². The molecule has 0 atom stereocenters. The Morgan fingerprint density at radius 2 is 2.10 bits per heavy atom. The molecule has 0 bridgehead atoms. The van der Waals surface area contributed by atoms with E-state index in [1.807, 2.05) is 29.9 Å². The summed E-state index contributed by atoms with van der Waals surface area (Å²) in [6.45, 7) is 8.15. The lowest BCUT2D eigenvalue weighted by atomic mass is 10.2. The van der Waals surface area contributed by atoms with Crippen molar-refractivity contribution in [2.75, 3.05) is 6.61 Å². The van der Waals surface area contributed by atoms with Crippen LogP contribution in [0.15, 0.2) is 29.1 Å². The van der Waals surface area contributed by atoms with Crippen molar-refractivity contribution in [3.05, 3.63) is 40.3 Å². The third-order valence-electron chi connectivity index (χ3n) is 2.88. The molecule has 0 radical (unpaired) electrons. The summed E-state index contributed by atoms with van der Waals surface area (Å²) in [5, 5.41) is 5.39. The van der Waals surface area contributed by atoms with Crippen molar-refractivity contribution in [3.8, 4) is 11.5 Å². The molecule has 2 rings (SSSR count). The molecule has 0 saturated carbocycles. The predicted molar refractivity (Wildman–Crippen MR) is 86.0 cm³/mol. The summed E-state index contributed by atoms with van der Waals surface area (Å²) in [6.07, 6.45) is 0. The zero-order valence-corrected chi connectivity index (χ0v) is 13.6. The number of thiazole rings is 1. The van der Waals surface area contributed by atoms with E-state index < -0.39 is 0 Å². The van der Waals surface area contributed by atoms with E-state index >= 15 is 0 Å². The first-order valence-corrected chi connectivity index (χ1v) is 8.12. The van der Waals surface area contributed by atoms with Crippen molar-refractivity contribution in [1.82, 2.24) is 10.3 Å². The first-order chi connectivity index (χ1) is 10.2. The molecule has 1 aromatic carbocycles. The van der Waals surface area contributed by atoms with Crippen LogP contribution in [0.5, 0.6) is 11.5 Å². The average Bonchev–Trinajstić information content (AvgIpc) is 2.97. The Kier molecular flexibility index (Phi) is 6.02. The van der Waals surface area contributed by atoms with Crippen molar-refractivity contribution >= 4 is 11.3 Å². The molecular weight excluding hydrogens is 284 g/mol. The van der Waals surface area contributed by atoms with Crippen LogP contribution in [0.2, 0.25) is 0 Å². The van der Waals surface area contributed by atoms with Gasteiger partial charge in [-0.1, -0.05) is 19.9 Å². The summed E-state index contributed by atoms with van der Waals surface area (Å²) < 4.78 is 11.5. The third kappa shape index (κ3) is 5.02. The van der Waals surface area contributed by atoms with Crippen molar-refractivity contribution < 1.29 is 9.47 Å². The van der Waals surface area contributed by atoms with E-state index in [1.54, 1.807) is 11.3 Å². The highest BCUT2D eigenvalue weighted by Crippen LogP contribution is 2.29. The van der Waals surface area contributed by atoms with Crippen LogP contribution in [-0.2, 0) is 13.2 Å². The zero-order valence-electron chi connectivity index (χ0n) is 12.8. The molecule has 0 saturated heterocycles. The number of benzene rings is 1. The van der Waals surface area contributed by atoms with Gasteiger partial charge in [-0.3, -0.25) is 0 Å². The molecule has 0 aliphatic heterocycles. The SMILES string of the molecule is CCOc1cc(CNC(C)C)ccc1OCc1cscn1. The van der Waals surface area contributed by atoms with Crippen molar-refractivity contribution in [1.29, 1.82) is 0 Å². The highest BCUT2D eigenvalue weighted by molar-refractivity contribution is 7.07. The number of nitrogens with one attached hydrogen (secondary N) is 1. The Hall–Kier alpha value is -1.59. The van der Waals surface area contributed by atoms with Crippen LogP contribution in [0, 0.1) is 0 Å². The van der Waals surface area contributed by atoms with Gasteiger partial charge in [-0.15, -0.1) is 11.3 Å². The van der Waals surface area contributed by atoms with Gasteiger partial charge in [-0.05, 0) is 24.6 Å². The van der Waals surface area contributed by atoms with Crippen LogP contribution in [0.4, 0.5) is 0 Å². The molecule has 0 aliphatic rings. The molecular formula is C16H22N2O2S. The highest BCUT2D eigenvalue weighted by Gasteiger charge is 2.08. The monoisotopic (exact) mass is 306 g/mol. The molecule has 21 heavy (non-hydrogen) atoms. The lowest BCUT2D eigenvalue weighted by Gasteiger charge is -2.14. The van der Waals surface area contributed by atoms with Gasteiger partial charge >= 0.3 is 0 Å². The number of hydrogen-bond donors (Lipinski definition) is 1. The zero-order chi connectivity index (χ0) is 15.1. The maximum absolute atomic E-state index is 5.81. The molecule has 0 aliphatic carbocycles. The standard InChI is InChI=1S/C16H22N2O2S/c1-4-19-16-7-13(8-17-12(2)3)5-6-15(16)20-9-14-10-21-11-18-14/h5-7,10-12,17H,4,8-9H2,1-3H3. The molecule has 5 heteroatoms. The Balaban J connectivity index is 2.04. The van der Waals surface area contributed by atoms with Gasteiger partial charge in [0.25, 0.3) is 0 Å². The fourth-order valence-corrected chi connectivity index (χ4v) is 2.38. The van der Waals surface area contributed by atoms with Gasteiger partial charge in [-0.2, -0.15) is 0 Å². The molecule has 1 aromatic heterocycles. The first-order valence-electron chi connectivity index (χ1n) is 7.18. The highest BCUT2D eigenvalue weighted by atomic mass is 32.1. The summed E-state index contributed by atoms with van der Waals surface area (Å²) in [5.74, 6) is 1.55. The molecule has 0 fully saturated rings. The number of ether oxygens (including phenoxy) is 2. The van der Waals surface area contributed by atoms with E-state index in [1.165, 1.54) is 5.56 Å². The fourth-order valence-electron chi connectivity index (χ4n) is 1.83. The van der Waals surface area contributed by atoms with E-state index in [4.69, 9.17) is 9.47 Å². The van der Waals surface area contributed by atoms with Crippen LogP contribution in [-0.4, -0.2) is 17.6 Å². The Morgan fingerprint density at radius 1 is 1.24 bits per heavy atom. The van der Waals surface area contributed by atoms with Crippen LogP contribution >= 0.6 is 11.3 Å². The summed E-state index contributed by atoms with van der Waals surface area (Å²) in [5.41, 5.74) is 3.93. The number of hydrogen-bond acceptors (Lipinski definition) is 5. The average molecular weight is 306 g/mol. The van der Waals surface area contributed by atoms with Crippen LogP contribution < -0.4 is 14.8 Å².